The summed E-state index contributed by atoms with van der Waals surface area (Å²) in [5, 5.41) is 10.8. The third-order valence-electron chi connectivity index (χ3n) is 12.2. The van der Waals surface area contributed by atoms with Gasteiger partial charge in [0.05, 0.1) is 0 Å². The molecule has 10 aromatic carbocycles. The summed E-state index contributed by atoms with van der Waals surface area (Å²) < 4.78 is 6.50. The van der Waals surface area contributed by atoms with Crippen molar-refractivity contribution in [1.82, 2.24) is 0 Å². The van der Waals surface area contributed by atoms with Crippen molar-refractivity contribution in [3.05, 3.63) is 133 Å². The number of furan rings is 1. The summed E-state index contributed by atoms with van der Waals surface area (Å²) in [4.78, 5) is 0. The van der Waals surface area contributed by atoms with E-state index in [0.717, 1.165) is 71.1 Å². The first kappa shape index (κ1) is 35.9. The summed E-state index contributed by atoms with van der Waals surface area (Å²) >= 11 is 0. The molecular weight excluding hydrogens is 703 g/mol. The minimum Gasteiger partial charge on any atom is -0.455 e. The minimum atomic E-state index is 0.161. The lowest BCUT2D eigenvalue weighted by Gasteiger charge is -2.28. The molecular formula is C50H22B8O. The predicted octanol–water partition coefficient (Wildman–Crippen LogP) is 4.70. The second kappa shape index (κ2) is 13.2. The van der Waals surface area contributed by atoms with Crippen molar-refractivity contribution in [1.29, 1.82) is 0 Å². The normalized spacial score (nSPS) is 11.9. The molecule has 0 unspecified atom stereocenters. The van der Waals surface area contributed by atoms with Crippen LogP contribution in [0, 0.1) is 0 Å². The Labute approximate surface area is 351 Å². The number of benzene rings is 10. The van der Waals surface area contributed by atoms with Crippen molar-refractivity contribution >= 4 is 182 Å². The summed E-state index contributed by atoms with van der Waals surface area (Å²) in [6, 6.07) is 45.6. The smallest absolute Gasteiger partial charge is 0.143 e. The monoisotopic (exact) mass is 726 g/mol. The molecule has 0 saturated heterocycles. The van der Waals surface area contributed by atoms with Crippen molar-refractivity contribution in [2.75, 3.05) is 0 Å². The topological polar surface area (TPSA) is 13.1 Å². The van der Waals surface area contributed by atoms with E-state index in [0.29, 0.717) is 32.7 Å². The fourth-order valence-electron chi connectivity index (χ4n) is 9.32. The van der Waals surface area contributed by atoms with Crippen molar-refractivity contribution in [2.24, 2.45) is 0 Å². The average Bonchev–Trinajstić information content (AvgIpc) is 3.66. The molecule has 0 N–H and O–H groups in total. The van der Waals surface area contributed by atoms with Gasteiger partial charge in [0.25, 0.3) is 0 Å². The largest absolute Gasteiger partial charge is 0.455 e. The molecule has 0 bridgehead atoms. The van der Waals surface area contributed by atoms with Gasteiger partial charge in [-0.3, -0.25) is 0 Å². The maximum atomic E-state index is 7.10. The van der Waals surface area contributed by atoms with Gasteiger partial charge in [0, 0.05) is 16.2 Å². The van der Waals surface area contributed by atoms with Gasteiger partial charge in [-0.25, -0.2) is 0 Å². The van der Waals surface area contributed by atoms with E-state index in [2.05, 4.69) is 97.1 Å². The quantitative estimate of drug-likeness (QED) is 0.146. The first-order valence-corrected chi connectivity index (χ1v) is 19.2. The Kier molecular flexibility index (Phi) is 8.02. The highest BCUT2D eigenvalue weighted by molar-refractivity contribution is 6.71. The Morgan fingerprint density at radius 3 is 1.44 bits per heavy atom. The third-order valence-corrected chi connectivity index (χ3v) is 12.2. The van der Waals surface area contributed by atoms with Gasteiger partial charge >= 0.3 is 0 Å². The van der Waals surface area contributed by atoms with Crippen LogP contribution in [0.2, 0.25) is 0 Å². The highest BCUT2D eigenvalue weighted by Gasteiger charge is 2.25. The minimum absolute atomic E-state index is 0.161. The number of hydrogen-bond donors (Lipinski definition) is 0. The van der Waals surface area contributed by atoms with E-state index in [1.807, 2.05) is 36.4 Å². The molecule has 11 aromatic rings. The Morgan fingerprint density at radius 1 is 0.305 bits per heavy atom. The molecule has 1 aromatic heterocycles. The molecule has 16 radical (unpaired) electrons. The van der Waals surface area contributed by atoms with E-state index < -0.39 is 0 Å². The highest BCUT2D eigenvalue weighted by Crippen LogP contribution is 2.44. The van der Waals surface area contributed by atoms with Crippen LogP contribution in [-0.4, -0.2) is 62.8 Å². The van der Waals surface area contributed by atoms with Crippen LogP contribution in [0.5, 0.6) is 0 Å². The molecule has 0 spiro atoms. The van der Waals surface area contributed by atoms with E-state index in [9.17, 15) is 0 Å². The molecule has 11 rings (SSSR count). The zero-order valence-corrected chi connectivity index (χ0v) is 31.7. The fraction of sp³-hybridized carbons (Fsp3) is 0. The Bertz CT molecular complexity index is 3580. The first-order valence-electron chi connectivity index (χ1n) is 19.2. The molecule has 59 heavy (non-hydrogen) atoms. The molecule has 1 nitrogen and oxygen atoms in total. The van der Waals surface area contributed by atoms with Gasteiger partial charge in [-0.15, -0.1) is 21.9 Å². The van der Waals surface area contributed by atoms with Crippen molar-refractivity contribution in [3.8, 4) is 33.4 Å². The molecule has 252 valence electrons. The summed E-state index contributed by atoms with van der Waals surface area (Å²) in [5.41, 5.74) is 8.04. The lowest BCUT2D eigenvalue weighted by Crippen LogP contribution is -2.50. The average molecular weight is 725 g/mol. The molecule has 0 fully saturated rings. The molecule has 0 aliphatic heterocycles. The molecule has 0 aliphatic carbocycles. The maximum absolute atomic E-state index is 7.10. The number of hydrogen-bond acceptors (Lipinski definition) is 1. The zero-order chi connectivity index (χ0) is 40.4. The summed E-state index contributed by atoms with van der Waals surface area (Å²) in [7, 11) is 55.2. The van der Waals surface area contributed by atoms with Crippen LogP contribution in [-0.2, 0) is 0 Å². The maximum Gasteiger partial charge on any atom is 0.143 e. The van der Waals surface area contributed by atoms with E-state index in [1.165, 1.54) is 5.39 Å². The van der Waals surface area contributed by atoms with Gasteiger partial charge in [0.2, 0.25) is 0 Å². The molecule has 1 heterocycles. The Morgan fingerprint density at radius 2 is 0.814 bits per heavy atom. The van der Waals surface area contributed by atoms with Gasteiger partial charge in [-0.05, 0) is 112 Å². The Hall–Kier alpha value is -6.18. The van der Waals surface area contributed by atoms with Gasteiger partial charge in [-0.2, -0.15) is 0 Å². The van der Waals surface area contributed by atoms with Gasteiger partial charge < -0.3 is 4.42 Å². The second-order valence-electron chi connectivity index (χ2n) is 15.3. The Balaban J connectivity index is 1.28. The standard InChI is InChI=1S/C50H22B8O/c51-42-38-36(26-11-7-10-24(20-26)33-21-25-9-2-3-12-28(25)30-14-5-6-15-31(30)33)39-41(45(54)49(58)47(56)43(39)52)37(40(38)44(53)48(57)46(42)55)27-17-19-35-34(22-27)32-18-16-23-8-1-4-13-29(23)50(32)59-35/h1-22H. The van der Waals surface area contributed by atoms with E-state index in [4.69, 9.17) is 67.2 Å². The van der Waals surface area contributed by atoms with Crippen LogP contribution in [0.3, 0.4) is 0 Å². The van der Waals surface area contributed by atoms with Crippen molar-refractivity contribution < 1.29 is 4.42 Å². The van der Waals surface area contributed by atoms with Gasteiger partial charge in [-0.1, -0.05) is 125 Å². The third kappa shape index (κ3) is 5.10. The van der Waals surface area contributed by atoms with Crippen molar-refractivity contribution in [3.63, 3.8) is 0 Å². The van der Waals surface area contributed by atoms with E-state index >= 15 is 0 Å². The van der Waals surface area contributed by atoms with Gasteiger partial charge in [0.1, 0.15) is 73.9 Å². The van der Waals surface area contributed by atoms with Crippen LogP contribution < -0.4 is 43.7 Å². The molecule has 9 heteroatoms. The number of rotatable bonds is 3. The van der Waals surface area contributed by atoms with E-state index in [-0.39, 0.29) is 43.7 Å². The summed E-state index contributed by atoms with van der Waals surface area (Å²) in [6.07, 6.45) is 0. The molecule has 0 aliphatic rings. The van der Waals surface area contributed by atoms with Gasteiger partial charge in [0.15, 0.2) is 0 Å². The number of fused-ring (bicyclic) bond motifs is 10. The highest BCUT2D eigenvalue weighted by atomic mass is 16.3. The fourth-order valence-corrected chi connectivity index (χ4v) is 9.32. The molecule has 0 amide bonds. The van der Waals surface area contributed by atoms with Crippen LogP contribution in [0.15, 0.2) is 138 Å². The van der Waals surface area contributed by atoms with E-state index in [1.54, 1.807) is 0 Å². The lowest BCUT2D eigenvalue weighted by molar-refractivity contribution is 0.672. The van der Waals surface area contributed by atoms with Crippen LogP contribution in [0.1, 0.15) is 0 Å². The zero-order valence-electron chi connectivity index (χ0n) is 31.7. The van der Waals surface area contributed by atoms with Crippen LogP contribution in [0.4, 0.5) is 0 Å². The molecule has 0 saturated carbocycles. The lowest BCUT2D eigenvalue weighted by atomic mass is 9.59. The summed E-state index contributed by atoms with van der Waals surface area (Å²) in [6.45, 7) is 0. The first-order chi connectivity index (χ1) is 28.6. The summed E-state index contributed by atoms with van der Waals surface area (Å²) in [5.74, 6) is 0. The predicted molar refractivity (Wildman–Crippen MR) is 261 cm³/mol. The van der Waals surface area contributed by atoms with Crippen LogP contribution in [0.25, 0.3) is 109 Å². The van der Waals surface area contributed by atoms with Crippen LogP contribution >= 0.6 is 0 Å². The second-order valence-corrected chi connectivity index (χ2v) is 15.3. The van der Waals surface area contributed by atoms with Crippen molar-refractivity contribution in [2.45, 2.75) is 0 Å². The molecule has 0 atom stereocenters. The SMILES string of the molecule is [B]c1c([B])c([B])c2c(-c3ccc4oc5c6ccccc6ccc5c4c3)c3c([B])c([B])c([B])c([B])c3c(-c3cccc(-c4cc5ccccc5c5ccccc45)c3)c2c1[B].